The molecule has 1 N–H and O–H groups in total. The standard InChI is InChI=1S/C23H23N5O3S/c1-3-10-28-22(30)19(13-15-8-9-18(31-2)17(29)12-15)32-23(28)16(14-24)21-26-25-20-7-5-4-6-11-27(20)21/h3,8-9,12-13,29H,1,4-7,10-11H2,2H3/b19-13-,23-16-. The maximum absolute atomic E-state index is 13.2. The van der Waals surface area contributed by atoms with E-state index >= 15 is 0 Å². The summed E-state index contributed by atoms with van der Waals surface area (Å²) in [4.78, 5) is 13.2. The fourth-order valence-corrected chi connectivity index (χ4v) is 4.92. The number of benzene rings is 1. The molecule has 3 aromatic rings. The van der Waals surface area contributed by atoms with E-state index in [0.717, 1.165) is 38.1 Å². The van der Waals surface area contributed by atoms with Gasteiger partial charge in [0.15, 0.2) is 17.3 Å². The van der Waals surface area contributed by atoms with Gasteiger partial charge in [0.05, 0.1) is 11.6 Å². The Kier molecular flexibility index (Phi) is 6.23. The van der Waals surface area contributed by atoms with Crippen LogP contribution < -0.4 is 19.5 Å². The van der Waals surface area contributed by atoms with Crippen LogP contribution in [0, 0.1) is 11.3 Å². The second-order valence-electron chi connectivity index (χ2n) is 7.44. The summed E-state index contributed by atoms with van der Waals surface area (Å²) in [5, 5.41) is 28.7. The second kappa shape index (κ2) is 9.24. The molecule has 0 saturated heterocycles. The second-order valence-corrected chi connectivity index (χ2v) is 8.47. The summed E-state index contributed by atoms with van der Waals surface area (Å²) in [7, 11) is 1.47. The van der Waals surface area contributed by atoms with E-state index in [1.807, 2.05) is 4.57 Å². The van der Waals surface area contributed by atoms with Crippen LogP contribution in [0.2, 0.25) is 0 Å². The first-order valence-corrected chi connectivity index (χ1v) is 11.1. The molecule has 1 aliphatic rings. The first-order chi connectivity index (χ1) is 15.6. The predicted octanol–water partition coefficient (Wildman–Crippen LogP) is 1.68. The molecule has 4 rings (SSSR count). The van der Waals surface area contributed by atoms with Crippen molar-refractivity contribution in [1.82, 2.24) is 19.3 Å². The molecule has 0 radical (unpaired) electrons. The first-order valence-electron chi connectivity index (χ1n) is 10.3. The van der Waals surface area contributed by atoms with Crippen molar-refractivity contribution in [2.24, 2.45) is 0 Å². The molecule has 164 valence electrons. The van der Waals surface area contributed by atoms with Crippen LogP contribution in [0.25, 0.3) is 11.6 Å². The number of aryl methyl sites for hydroxylation is 1. The molecule has 1 aromatic carbocycles. The summed E-state index contributed by atoms with van der Waals surface area (Å²) in [5.74, 6) is 1.71. The molecule has 0 unspecified atom stereocenters. The van der Waals surface area contributed by atoms with Crippen molar-refractivity contribution in [3.63, 3.8) is 0 Å². The van der Waals surface area contributed by atoms with E-state index in [1.54, 1.807) is 24.3 Å². The smallest absolute Gasteiger partial charge is 0.269 e. The number of rotatable bonds is 5. The highest BCUT2D eigenvalue weighted by molar-refractivity contribution is 7.07. The lowest BCUT2D eigenvalue weighted by Crippen LogP contribution is -2.32. The summed E-state index contributed by atoms with van der Waals surface area (Å²) in [6.45, 7) is 4.77. The summed E-state index contributed by atoms with van der Waals surface area (Å²) in [5.41, 5.74) is 0.740. The molecule has 0 spiro atoms. The zero-order valence-corrected chi connectivity index (χ0v) is 18.6. The van der Waals surface area contributed by atoms with Gasteiger partial charge in [-0.05, 0) is 36.6 Å². The van der Waals surface area contributed by atoms with Gasteiger partial charge in [0.1, 0.15) is 22.1 Å². The summed E-state index contributed by atoms with van der Waals surface area (Å²) in [6.07, 6.45) is 7.30. The van der Waals surface area contributed by atoms with E-state index in [-0.39, 0.29) is 17.9 Å². The lowest BCUT2D eigenvalue weighted by atomic mass is 10.2. The molecular weight excluding hydrogens is 426 g/mol. The van der Waals surface area contributed by atoms with Crippen LogP contribution in [-0.4, -0.2) is 31.5 Å². The zero-order valence-electron chi connectivity index (χ0n) is 17.7. The van der Waals surface area contributed by atoms with E-state index in [0.29, 0.717) is 31.9 Å². The molecule has 1 aliphatic heterocycles. The molecule has 2 aromatic heterocycles. The number of hydrogen-bond donors (Lipinski definition) is 1. The number of aromatic hydroxyl groups is 1. The molecule has 0 bridgehead atoms. The Bertz CT molecular complexity index is 1390. The quantitative estimate of drug-likeness (QED) is 0.594. The van der Waals surface area contributed by atoms with Crippen LogP contribution >= 0.6 is 11.3 Å². The maximum atomic E-state index is 13.2. The first kappa shape index (κ1) is 21.6. The molecule has 0 saturated carbocycles. The number of nitriles is 1. The number of nitrogens with zero attached hydrogens (tertiary/aromatic N) is 5. The Labute approximate surface area is 188 Å². The lowest BCUT2D eigenvalue weighted by molar-refractivity contribution is 0.373. The van der Waals surface area contributed by atoms with Crippen molar-refractivity contribution in [2.45, 2.75) is 38.8 Å². The van der Waals surface area contributed by atoms with Crippen molar-refractivity contribution in [1.29, 1.82) is 5.26 Å². The summed E-state index contributed by atoms with van der Waals surface area (Å²) in [6, 6.07) is 7.18. The van der Waals surface area contributed by atoms with Gasteiger partial charge in [-0.2, -0.15) is 5.26 Å². The van der Waals surface area contributed by atoms with Gasteiger partial charge in [-0.3, -0.25) is 9.36 Å². The number of thiazole rings is 1. The van der Waals surface area contributed by atoms with E-state index in [4.69, 9.17) is 4.74 Å². The van der Waals surface area contributed by atoms with Crippen molar-refractivity contribution >= 4 is 23.0 Å². The molecule has 9 heteroatoms. The normalized spacial score (nSPS) is 14.9. The molecule has 0 atom stereocenters. The minimum atomic E-state index is -0.233. The predicted molar refractivity (Wildman–Crippen MR) is 122 cm³/mol. The highest BCUT2D eigenvalue weighted by Gasteiger charge is 2.20. The number of fused-ring (bicyclic) bond motifs is 1. The van der Waals surface area contributed by atoms with Crippen LogP contribution in [0.15, 0.2) is 35.6 Å². The van der Waals surface area contributed by atoms with Gasteiger partial charge in [0.25, 0.3) is 5.56 Å². The Balaban J connectivity index is 1.95. The van der Waals surface area contributed by atoms with E-state index < -0.39 is 0 Å². The third kappa shape index (κ3) is 3.97. The monoisotopic (exact) mass is 449 g/mol. The van der Waals surface area contributed by atoms with Crippen molar-refractivity contribution < 1.29 is 9.84 Å². The van der Waals surface area contributed by atoms with Crippen molar-refractivity contribution in [3.8, 4) is 17.6 Å². The topological polar surface area (TPSA) is 106 Å². The third-order valence-electron chi connectivity index (χ3n) is 5.38. The summed E-state index contributed by atoms with van der Waals surface area (Å²) >= 11 is 1.22. The van der Waals surface area contributed by atoms with Crippen LogP contribution in [0.5, 0.6) is 11.5 Å². The number of ether oxygens (including phenoxy) is 1. The molecular formula is C23H23N5O3S. The Morgan fingerprint density at radius 1 is 1.38 bits per heavy atom. The fourth-order valence-electron chi connectivity index (χ4n) is 3.81. The number of hydrogen-bond acceptors (Lipinski definition) is 7. The number of methoxy groups -OCH3 is 1. The highest BCUT2D eigenvalue weighted by atomic mass is 32.1. The number of phenols is 1. The van der Waals surface area contributed by atoms with Gasteiger partial charge >= 0.3 is 0 Å². The van der Waals surface area contributed by atoms with Crippen molar-refractivity contribution in [3.05, 3.63) is 67.6 Å². The molecule has 32 heavy (non-hydrogen) atoms. The van der Waals surface area contributed by atoms with Crippen LogP contribution in [0.3, 0.4) is 0 Å². The largest absolute Gasteiger partial charge is 0.504 e. The minimum absolute atomic E-state index is 0.0140. The van der Waals surface area contributed by atoms with Gasteiger partial charge in [-0.15, -0.1) is 28.1 Å². The SMILES string of the molecule is C=CCn1c(=O)/c(=C/c2ccc(OC)c(O)c2)s/c1=C(/C#N)c1nnc2n1CCCCC2. The van der Waals surface area contributed by atoms with Gasteiger partial charge < -0.3 is 14.4 Å². The van der Waals surface area contributed by atoms with E-state index in [1.165, 1.54) is 29.1 Å². The van der Waals surface area contributed by atoms with E-state index in [2.05, 4.69) is 22.8 Å². The molecule has 8 nitrogen and oxygen atoms in total. The Morgan fingerprint density at radius 2 is 2.22 bits per heavy atom. The van der Waals surface area contributed by atoms with Crippen molar-refractivity contribution in [2.75, 3.05) is 7.11 Å². The Morgan fingerprint density at radius 3 is 2.94 bits per heavy atom. The Hall–Kier alpha value is -3.64. The van der Waals surface area contributed by atoms with Gasteiger partial charge in [-0.1, -0.05) is 18.6 Å². The van der Waals surface area contributed by atoms with Gasteiger partial charge in [0.2, 0.25) is 0 Å². The lowest BCUT2D eigenvalue weighted by Gasteiger charge is -2.06. The van der Waals surface area contributed by atoms with Gasteiger partial charge in [-0.25, -0.2) is 0 Å². The minimum Gasteiger partial charge on any atom is -0.504 e. The van der Waals surface area contributed by atoms with Crippen LogP contribution in [0.4, 0.5) is 0 Å². The van der Waals surface area contributed by atoms with Crippen LogP contribution in [-0.2, 0) is 19.5 Å². The van der Waals surface area contributed by atoms with Gasteiger partial charge in [0, 0.05) is 19.5 Å². The number of phenolic OH excluding ortho intramolecular Hbond substituents is 1. The van der Waals surface area contributed by atoms with Crippen LogP contribution in [0.1, 0.15) is 36.5 Å². The average molecular weight is 450 g/mol. The fraction of sp³-hybridized carbons (Fsp3) is 0.304. The molecule has 0 amide bonds. The number of allylic oxidation sites excluding steroid dienone is 1. The molecule has 0 aliphatic carbocycles. The summed E-state index contributed by atoms with van der Waals surface area (Å²) < 4.78 is 9.56. The zero-order chi connectivity index (χ0) is 22.7. The van der Waals surface area contributed by atoms with E-state index in [9.17, 15) is 15.2 Å². The maximum Gasteiger partial charge on any atom is 0.269 e. The number of aromatic nitrogens is 4. The molecule has 3 heterocycles. The third-order valence-corrected chi connectivity index (χ3v) is 6.51. The average Bonchev–Trinajstić information content (AvgIpc) is 3.21. The highest BCUT2D eigenvalue weighted by Crippen LogP contribution is 2.26. The molecule has 0 fully saturated rings.